The van der Waals surface area contributed by atoms with Crippen LogP contribution in [0.2, 0.25) is 0 Å². The summed E-state index contributed by atoms with van der Waals surface area (Å²) in [5, 5.41) is 9.42. The summed E-state index contributed by atoms with van der Waals surface area (Å²) in [6, 6.07) is 4.27. The second-order valence-corrected chi connectivity index (χ2v) is 4.28. The van der Waals surface area contributed by atoms with Crippen molar-refractivity contribution in [3.8, 4) is 0 Å². The summed E-state index contributed by atoms with van der Waals surface area (Å²) in [5.74, 6) is 0.491. The Labute approximate surface area is 101 Å². The number of nitrogens with one attached hydrogen (secondary N) is 3. The molecule has 1 aromatic rings. The first-order valence-corrected chi connectivity index (χ1v) is 5.95. The average molecular weight is 234 g/mol. The molecule has 2 heterocycles. The van der Waals surface area contributed by atoms with Crippen molar-refractivity contribution in [1.29, 1.82) is 0 Å². The van der Waals surface area contributed by atoms with E-state index in [1.165, 1.54) is 6.92 Å². The predicted molar refractivity (Wildman–Crippen MR) is 68.1 cm³/mol. The molecule has 0 aromatic carbocycles. The topological polar surface area (TPSA) is 66.1 Å². The third kappa shape index (κ3) is 3.71. The van der Waals surface area contributed by atoms with Gasteiger partial charge < -0.3 is 16.0 Å². The summed E-state index contributed by atoms with van der Waals surface area (Å²) >= 11 is 0. The van der Waals surface area contributed by atoms with Gasteiger partial charge in [-0.05, 0) is 38.1 Å². The van der Waals surface area contributed by atoms with Gasteiger partial charge in [0.1, 0.15) is 5.82 Å². The van der Waals surface area contributed by atoms with Crippen LogP contribution in [-0.2, 0) is 4.79 Å². The van der Waals surface area contributed by atoms with Gasteiger partial charge in [-0.2, -0.15) is 0 Å². The Bertz CT molecular complexity index is 371. The van der Waals surface area contributed by atoms with Gasteiger partial charge in [-0.1, -0.05) is 0 Å². The monoisotopic (exact) mass is 234 g/mol. The number of amides is 1. The Kier molecular flexibility index (Phi) is 3.93. The number of nitrogens with zero attached hydrogens (tertiary/aromatic N) is 1. The second kappa shape index (κ2) is 5.63. The van der Waals surface area contributed by atoms with E-state index in [9.17, 15) is 4.79 Å². The molecule has 0 unspecified atom stereocenters. The van der Waals surface area contributed by atoms with Crippen molar-refractivity contribution in [2.75, 3.05) is 23.7 Å². The van der Waals surface area contributed by atoms with Gasteiger partial charge in [0, 0.05) is 13.0 Å². The van der Waals surface area contributed by atoms with Crippen LogP contribution in [0.3, 0.4) is 0 Å². The predicted octanol–water partition coefficient (Wildman–Crippen LogP) is 1.20. The van der Waals surface area contributed by atoms with E-state index in [1.807, 2.05) is 12.1 Å². The Balaban J connectivity index is 1.90. The number of pyridine rings is 1. The molecule has 0 bridgehead atoms. The number of carbonyl (C=O) groups is 1. The van der Waals surface area contributed by atoms with Crippen LogP contribution in [0.4, 0.5) is 11.5 Å². The Morgan fingerprint density at radius 2 is 2.18 bits per heavy atom. The summed E-state index contributed by atoms with van der Waals surface area (Å²) in [6.07, 6.45) is 4.02. The van der Waals surface area contributed by atoms with Gasteiger partial charge in [0.2, 0.25) is 5.91 Å². The molecule has 0 atom stereocenters. The van der Waals surface area contributed by atoms with E-state index in [-0.39, 0.29) is 5.91 Å². The van der Waals surface area contributed by atoms with Crippen LogP contribution < -0.4 is 16.0 Å². The highest BCUT2D eigenvalue weighted by Gasteiger charge is 2.12. The molecule has 0 radical (unpaired) electrons. The molecule has 5 nitrogen and oxygen atoms in total. The van der Waals surface area contributed by atoms with Gasteiger partial charge in [0.25, 0.3) is 0 Å². The highest BCUT2D eigenvalue weighted by atomic mass is 16.1. The van der Waals surface area contributed by atoms with E-state index in [4.69, 9.17) is 0 Å². The molecule has 92 valence electrons. The standard InChI is InChI=1S/C12H18N4O/c1-9(17)15-12-3-2-11(8-14-12)16-10-4-6-13-7-5-10/h2-3,8,10,13,16H,4-7H2,1H3,(H,14,15,17). The lowest BCUT2D eigenvalue weighted by Crippen LogP contribution is -2.35. The lowest BCUT2D eigenvalue weighted by Gasteiger charge is -2.24. The van der Waals surface area contributed by atoms with Gasteiger partial charge in [-0.15, -0.1) is 0 Å². The van der Waals surface area contributed by atoms with E-state index in [1.54, 1.807) is 6.20 Å². The molecule has 1 fully saturated rings. The number of carbonyl (C=O) groups excluding carboxylic acids is 1. The average Bonchev–Trinajstić information content (AvgIpc) is 2.32. The van der Waals surface area contributed by atoms with Crippen LogP contribution in [0.5, 0.6) is 0 Å². The SMILES string of the molecule is CC(=O)Nc1ccc(NC2CCNCC2)cn1. The van der Waals surface area contributed by atoms with E-state index < -0.39 is 0 Å². The first kappa shape index (κ1) is 11.9. The maximum absolute atomic E-state index is 10.8. The summed E-state index contributed by atoms with van der Waals surface area (Å²) in [5.41, 5.74) is 1.01. The zero-order valence-electron chi connectivity index (χ0n) is 9.99. The highest BCUT2D eigenvalue weighted by Crippen LogP contribution is 2.14. The first-order chi connectivity index (χ1) is 8.24. The summed E-state index contributed by atoms with van der Waals surface area (Å²) in [4.78, 5) is 15.0. The fourth-order valence-electron chi connectivity index (χ4n) is 1.94. The van der Waals surface area contributed by atoms with Crippen molar-refractivity contribution >= 4 is 17.4 Å². The third-order valence-electron chi connectivity index (χ3n) is 2.78. The molecule has 0 spiro atoms. The minimum absolute atomic E-state index is 0.100. The van der Waals surface area contributed by atoms with Crippen LogP contribution in [0.25, 0.3) is 0 Å². The Hall–Kier alpha value is -1.62. The van der Waals surface area contributed by atoms with E-state index in [0.717, 1.165) is 31.6 Å². The van der Waals surface area contributed by atoms with Crippen molar-refractivity contribution in [3.63, 3.8) is 0 Å². The zero-order chi connectivity index (χ0) is 12.1. The van der Waals surface area contributed by atoms with Crippen LogP contribution in [0.15, 0.2) is 18.3 Å². The Morgan fingerprint density at radius 1 is 1.41 bits per heavy atom. The largest absolute Gasteiger partial charge is 0.381 e. The molecular weight excluding hydrogens is 216 g/mol. The number of piperidine rings is 1. The van der Waals surface area contributed by atoms with Crippen LogP contribution >= 0.6 is 0 Å². The number of hydrogen-bond acceptors (Lipinski definition) is 4. The highest BCUT2D eigenvalue weighted by molar-refractivity contribution is 5.87. The zero-order valence-corrected chi connectivity index (χ0v) is 9.99. The molecule has 1 aliphatic heterocycles. The van der Waals surface area contributed by atoms with Gasteiger partial charge in [0.15, 0.2) is 0 Å². The lowest BCUT2D eigenvalue weighted by molar-refractivity contribution is -0.114. The normalized spacial score (nSPS) is 16.5. The molecule has 1 aromatic heterocycles. The van der Waals surface area contributed by atoms with Crippen LogP contribution in [0.1, 0.15) is 19.8 Å². The van der Waals surface area contributed by atoms with E-state index >= 15 is 0 Å². The fraction of sp³-hybridized carbons (Fsp3) is 0.500. The maximum atomic E-state index is 10.8. The van der Waals surface area contributed by atoms with Gasteiger partial charge in [-0.25, -0.2) is 4.98 Å². The van der Waals surface area contributed by atoms with Crippen molar-refractivity contribution in [2.45, 2.75) is 25.8 Å². The van der Waals surface area contributed by atoms with Crippen molar-refractivity contribution < 1.29 is 4.79 Å². The van der Waals surface area contributed by atoms with Crippen LogP contribution in [-0.4, -0.2) is 30.0 Å². The molecule has 0 aliphatic carbocycles. The molecule has 17 heavy (non-hydrogen) atoms. The molecule has 1 aliphatic rings. The lowest BCUT2D eigenvalue weighted by atomic mass is 10.1. The number of hydrogen-bond donors (Lipinski definition) is 3. The molecule has 1 amide bonds. The molecule has 5 heteroatoms. The number of anilines is 2. The minimum Gasteiger partial charge on any atom is -0.381 e. The van der Waals surface area contributed by atoms with Crippen molar-refractivity contribution in [3.05, 3.63) is 18.3 Å². The second-order valence-electron chi connectivity index (χ2n) is 4.28. The van der Waals surface area contributed by atoms with Crippen LogP contribution in [0, 0.1) is 0 Å². The molecule has 0 saturated carbocycles. The van der Waals surface area contributed by atoms with E-state index in [0.29, 0.717) is 11.9 Å². The molecule has 2 rings (SSSR count). The van der Waals surface area contributed by atoms with Crippen molar-refractivity contribution in [2.24, 2.45) is 0 Å². The quantitative estimate of drug-likeness (QED) is 0.735. The number of rotatable bonds is 3. The first-order valence-electron chi connectivity index (χ1n) is 5.95. The van der Waals surface area contributed by atoms with Gasteiger partial charge in [0.05, 0.1) is 11.9 Å². The maximum Gasteiger partial charge on any atom is 0.222 e. The van der Waals surface area contributed by atoms with Gasteiger partial charge >= 0.3 is 0 Å². The minimum atomic E-state index is -0.100. The Morgan fingerprint density at radius 3 is 2.76 bits per heavy atom. The number of aromatic nitrogens is 1. The fourth-order valence-corrected chi connectivity index (χ4v) is 1.94. The van der Waals surface area contributed by atoms with E-state index in [2.05, 4.69) is 20.9 Å². The molecule has 3 N–H and O–H groups in total. The molecule has 1 saturated heterocycles. The van der Waals surface area contributed by atoms with Gasteiger partial charge in [-0.3, -0.25) is 4.79 Å². The smallest absolute Gasteiger partial charge is 0.222 e. The molecular formula is C12H18N4O. The summed E-state index contributed by atoms with van der Waals surface area (Å²) < 4.78 is 0. The van der Waals surface area contributed by atoms with Crippen molar-refractivity contribution in [1.82, 2.24) is 10.3 Å². The summed E-state index contributed by atoms with van der Waals surface area (Å²) in [7, 11) is 0. The summed E-state index contributed by atoms with van der Waals surface area (Å²) in [6.45, 7) is 3.60. The third-order valence-corrected chi connectivity index (χ3v) is 2.78.